The third-order valence-electron chi connectivity index (χ3n) is 4.89. The van der Waals surface area contributed by atoms with Gasteiger partial charge in [0.1, 0.15) is 0 Å². The predicted octanol–water partition coefficient (Wildman–Crippen LogP) is 3.16. The summed E-state index contributed by atoms with van der Waals surface area (Å²) in [6.45, 7) is 3.15. The number of benzene rings is 1. The van der Waals surface area contributed by atoms with Crippen LogP contribution >= 0.6 is 11.3 Å². The summed E-state index contributed by atoms with van der Waals surface area (Å²) in [5.74, 6) is -1.50. The zero-order valence-electron chi connectivity index (χ0n) is 13.2. The van der Waals surface area contributed by atoms with Gasteiger partial charge in [-0.1, -0.05) is 12.1 Å². The molecule has 1 aromatic carbocycles. The molecule has 126 valence electrons. The Labute approximate surface area is 144 Å². The molecule has 2 aromatic rings. The van der Waals surface area contributed by atoms with Gasteiger partial charge in [-0.2, -0.15) is 11.3 Å². The van der Waals surface area contributed by atoms with Crippen LogP contribution in [0.4, 0.5) is 5.69 Å². The fourth-order valence-corrected chi connectivity index (χ4v) is 4.59. The molecule has 2 spiro atoms. The van der Waals surface area contributed by atoms with E-state index in [1.807, 2.05) is 6.07 Å². The molecule has 1 N–H and O–H groups in total. The lowest BCUT2D eigenvalue weighted by Crippen LogP contribution is -2.30. The van der Waals surface area contributed by atoms with Crippen molar-refractivity contribution in [3.05, 3.63) is 51.7 Å². The number of ether oxygens (including phenoxy) is 4. The Morgan fingerprint density at radius 1 is 0.958 bits per heavy atom. The van der Waals surface area contributed by atoms with Crippen molar-refractivity contribution >= 4 is 17.0 Å². The van der Waals surface area contributed by atoms with Crippen LogP contribution in [0.3, 0.4) is 0 Å². The second kappa shape index (κ2) is 5.54. The van der Waals surface area contributed by atoms with Gasteiger partial charge in [0, 0.05) is 23.4 Å². The van der Waals surface area contributed by atoms with Gasteiger partial charge in [0.2, 0.25) is 11.6 Å². The molecule has 2 aliphatic heterocycles. The molecule has 24 heavy (non-hydrogen) atoms. The van der Waals surface area contributed by atoms with E-state index in [2.05, 4.69) is 34.3 Å². The van der Waals surface area contributed by atoms with Crippen LogP contribution in [-0.4, -0.2) is 26.4 Å². The number of anilines is 1. The monoisotopic (exact) mass is 345 g/mol. The number of nitrogens with one attached hydrogen (secondary N) is 1. The Hall–Kier alpha value is -1.44. The van der Waals surface area contributed by atoms with Gasteiger partial charge in [-0.3, -0.25) is 0 Å². The van der Waals surface area contributed by atoms with Crippen molar-refractivity contribution in [2.24, 2.45) is 0 Å². The lowest BCUT2D eigenvalue weighted by Gasteiger charge is -2.26. The highest BCUT2D eigenvalue weighted by molar-refractivity contribution is 7.07. The average molecular weight is 345 g/mol. The van der Waals surface area contributed by atoms with E-state index in [0.29, 0.717) is 32.8 Å². The normalized spacial score (nSPS) is 23.2. The Balaban J connectivity index is 1.57. The van der Waals surface area contributed by atoms with E-state index in [1.165, 1.54) is 5.56 Å². The fourth-order valence-electron chi connectivity index (χ4n) is 3.92. The van der Waals surface area contributed by atoms with E-state index in [-0.39, 0.29) is 0 Å². The van der Waals surface area contributed by atoms with E-state index in [9.17, 15) is 0 Å². The van der Waals surface area contributed by atoms with E-state index in [0.717, 1.165) is 23.4 Å². The number of hydrogen-bond donors (Lipinski definition) is 1. The number of fused-ring (bicyclic) bond motifs is 3. The minimum atomic E-state index is -0.766. The summed E-state index contributed by atoms with van der Waals surface area (Å²) in [5, 5.41) is 7.78. The summed E-state index contributed by atoms with van der Waals surface area (Å²) >= 11 is 1.70. The number of thiophene rings is 1. The molecule has 3 aliphatic rings. The van der Waals surface area contributed by atoms with Crippen molar-refractivity contribution in [1.82, 2.24) is 0 Å². The maximum Gasteiger partial charge on any atom is 0.203 e. The Morgan fingerprint density at radius 2 is 1.71 bits per heavy atom. The maximum atomic E-state index is 6.07. The highest BCUT2D eigenvalue weighted by Crippen LogP contribution is 2.57. The lowest BCUT2D eigenvalue weighted by molar-refractivity contribution is -0.239. The highest BCUT2D eigenvalue weighted by Gasteiger charge is 2.60. The first-order valence-corrected chi connectivity index (χ1v) is 9.20. The topological polar surface area (TPSA) is 49.0 Å². The number of hydrogen-bond acceptors (Lipinski definition) is 6. The van der Waals surface area contributed by atoms with Crippen LogP contribution in [0.2, 0.25) is 0 Å². The molecule has 2 fully saturated rings. The third-order valence-corrected chi connectivity index (χ3v) is 5.62. The van der Waals surface area contributed by atoms with Crippen LogP contribution in [-0.2, 0) is 37.1 Å². The molecule has 1 aromatic heterocycles. The Kier molecular flexibility index (Phi) is 3.43. The second-order valence-electron chi connectivity index (χ2n) is 6.29. The molecule has 6 heteroatoms. The van der Waals surface area contributed by atoms with Gasteiger partial charge in [0.15, 0.2) is 0 Å². The first kappa shape index (κ1) is 14.9. The fraction of sp³-hybridized carbons (Fsp3) is 0.444. The molecule has 5 nitrogen and oxygen atoms in total. The standard InChI is InChI=1S/C18H19NO4S/c1-2-14-16(15(3-1)19-10-13-4-9-24-11-13)18(22-7-8-23-18)12-17(14)20-5-6-21-17/h1-4,9,11,19H,5-8,10,12H2. The second-order valence-corrected chi connectivity index (χ2v) is 7.07. The molecule has 0 atom stereocenters. The molecule has 0 unspecified atom stereocenters. The van der Waals surface area contributed by atoms with Crippen LogP contribution < -0.4 is 5.32 Å². The average Bonchev–Trinajstić information content (AvgIpc) is 3.38. The Morgan fingerprint density at radius 3 is 2.42 bits per heavy atom. The van der Waals surface area contributed by atoms with E-state index in [4.69, 9.17) is 18.9 Å². The molecule has 0 amide bonds. The summed E-state index contributed by atoms with van der Waals surface area (Å²) < 4.78 is 24.2. The summed E-state index contributed by atoms with van der Waals surface area (Å²) in [5.41, 5.74) is 4.34. The summed E-state index contributed by atoms with van der Waals surface area (Å²) in [6, 6.07) is 8.31. The van der Waals surface area contributed by atoms with Crippen molar-refractivity contribution in [3.63, 3.8) is 0 Å². The van der Waals surface area contributed by atoms with Gasteiger partial charge in [-0.05, 0) is 28.5 Å². The summed E-state index contributed by atoms with van der Waals surface area (Å²) in [4.78, 5) is 0. The van der Waals surface area contributed by atoms with Gasteiger partial charge < -0.3 is 24.3 Å². The zero-order chi connectivity index (χ0) is 16.0. The Bertz CT molecular complexity index is 733. The van der Waals surface area contributed by atoms with Crippen LogP contribution in [0.15, 0.2) is 35.0 Å². The minimum absolute atomic E-state index is 0.548. The quantitative estimate of drug-likeness (QED) is 0.926. The first-order chi connectivity index (χ1) is 11.8. The van der Waals surface area contributed by atoms with Gasteiger partial charge in [0.25, 0.3) is 0 Å². The van der Waals surface area contributed by atoms with E-state index >= 15 is 0 Å². The molecule has 1 aliphatic carbocycles. The van der Waals surface area contributed by atoms with Crippen molar-refractivity contribution in [1.29, 1.82) is 0 Å². The molecule has 0 radical (unpaired) electrons. The molecule has 0 saturated carbocycles. The van der Waals surface area contributed by atoms with E-state index < -0.39 is 11.6 Å². The summed E-state index contributed by atoms with van der Waals surface area (Å²) in [6.07, 6.45) is 0.548. The van der Waals surface area contributed by atoms with Crippen LogP contribution in [0, 0.1) is 0 Å². The van der Waals surface area contributed by atoms with Crippen LogP contribution in [0.1, 0.15) is 23.1 Å². The molecular formula is C18H19NO4S. The van der Waals surface area contributed by atoms with Crippen molar-refractivity contribution in [2.75, 3.05) is 31.7 Å². The van der Waals surface area contributed by atoms with Gasteiger partial charge in [0.05, 0.1) is 32.8 Å². The summed E-state index contributed by atoms with van der Waals surface area (Å²) in [7, 11) is 0. The van der Waals surface area contributed by atoms with Gasteiger partial charge >= 0.3 is 0 Å². The largest absolute Gasteiger partial charge is 0.381 e. The predicted molar refractivity (Wildman–Crippen MR) is 89.9 cm³/mol. The van der Waals surface area contributed by atoms with Crippen LogP contribution in [0.5, 0.6) is 0 Å². The molecule has 0 bridgehead atoms. The van der Waals surface area contributed by atoms with Crippen molar-refractivity contribution < 1.29 is 18.9 Å². The third kappa shape index (κ3) is 2.14. The lowest BCUT2D eigenvalue weighted by atomic mass is 10.0. The van der Waals surface area contributed by atoms with Gasteiger partial charge in [-0.25, -0.2) is 0 Å². The molecule has 2 saturated heterocycles. The smallest absolute Gasteiger partial charge is 0.203 e. The van der Waals surface area contributed by atoms with Crippen LogP contribution in [0.25, 0.3) is 0 Å². The molecule has 3 heterocycles. The van der Waals surface area contributed by atoms with Gasteiger partial charge in [-0.15, -0.1) is 0 Å². The highest BCUT2D eigenvalue weighted by atomic mass is 32.1. The molecule has 5 rings (SSSR count). The van der Waals surface area contributed by atoms with Crippen molar-refractivity contribution in [3.8, 4) is 0 Å². The van der Waals surface area contributed by atoms with E-state index in [1.54, 1.807) is 11.3 Å². The SMILES string of the molecule is c1cc(NCc2ccsc2)c2c(c1)C1(CC23OCCO3)OCCO1. The number of rotatable bonds is 3. The molecular weight excluding hydrogens is 326 g/mol. The van der Waals surface area contributed by atoms with Crippen molar-refractivity contribution in [2.45, 2.75) is 24.5 Å². The minimum Gasteiger partial charge on any atom is -0.381 e. The zero-order valence-corrected chi connectivity index (χ0v) is 14.1. The maximum absolute atomic E-state index is 6.07. The first-order valence-electron chi connectivity index (χ1n) is 8.26.